The van der Waals surface area contributed by atoms with Crippen LogP contribution in [-0.2, 0) is 11.2 Å². The molecule has 1 unspecified atom stereocenters. The topological polar surface area (TPSA) is 37.4 Å². The summed E-state index contributed by atoms with van der Waals surface area (Å²) >= 11 is 3.31. The van der Waals surface area contributed by atoms with Gasteiger partial charge in [0.15, 0.2) is 5.78 Å². The van der Waals surface area contributed by atoms with Crippen molar-refractivity contribution in [2.45, 2.75) is 38.4 Å². The first-order valence-corrected chi connectivity index (χ1v) is 7.96. The molecule has 20 heavy (non-hydrogen) atoms. The molecule has 0 saturated heterocycles. The molecule has 1 aromatic carbocycles. The molecule has 108 valence electrons. The van der Waals surface area contributed by atoms with E-state index in [2.05, 4.69) is 15.9 Å². The summed E-state index contributed by atoms with van der Waals surface area (Å²) in [6.07, 6.45) is 1.88. The number of Topliss-reactive ketones (excluding diaryl/α,β-unsaturated/α-hetero) is 1. The fourth-order valence-corrected chi connectivity index (χ4v) is 2.78. The van der Waals surface area contributed by atoms with Crippen molar-refractivity contribution in [1.29, 1.82) is 0 Å². The van der Waals surface area contributed by atoms with Gasteiger partial charge in [-0.25, -0.2) is 0 Å². The average molecular weight is 338 g/mol. The number of ketones is 1. The fraction of sp³-hybridized carbons (Fsp3) is 0.500. The lowest BCUT2D eigenvalue weighted by atomic mass is 9.96. The van der Waals surface area contributed by atoms with Gasteiger partial charge in [-0.3, -0.25) is 9.59 Å². The molecule has 0 aliphatic carbocycles. The summed E-state index contributed by atoms with van der Waals surface area (Å²) in [6, 6.07) is 5.68. The molecule has 4 heteroatoms. The number of benzene rings is 1. The highest BCUT2D eigenvalue weighted by Crippen LogP contribution is 2.29. The Kier molecular flexibility index (Phi) is 4.63. The van der Waals surface area contributed by atoms with Crippen LogP contribution in [0.5, 0.6) is 0 Å². The fourth-order valence-electron chi connectivity index (χ4n) is 2.52. The number of hydrogen-bond acceptors (Lipinski definition) is 2. The number of halogens is 1. The van der Waals surface area contributed by atoms with Crippen LogP contribution in [0.2, 0.25) is 0 Å². The van der Waals surface area contributed by atoms with Crippen LogP contribution in [0.25, 0.3) is 0 Å². The summed E-state index contributed by atoms with van der Waals surface area (Å²) in [5, 5.41) is 0. The van der Waals surface area contributed by atoms with E-state index in [0.29, 0.717) is 5.56 Å². The molecule has 0 bridgehead atoms. The van der Waals surface area contributed by atoms with E-state index in [0.717, 1.165) is 30.6 Å². The second-order valence-electron chi connectivity index (χ2n) is 5.57. The molecule has 0 N–H and O–H groups in total. The number of hydrogen-bond donors (Lipinski definition) is 0. The molecule has 2 rings (SSSR count). The number of carbonyl (C=O) groups is 2. The number of fused-ring (bicyclic) bond motifs is 1. The van der Waals surface area contributed by atoms with E-state index in [1.807, 2.05) is 43.9 Å². The number of rotatable bonds is 3. The molecule has 0 saturated carbocycles. The highest BCUT2D eigenvalue weighted by Gasteiger charge is 2.25. The normalized spacial score (nSPS) is 15.9. The van der Waals surface area contributed by atoms with Gasteiger partial charge in [0, 0.05) is 23.7 Å². The third kappa shape index (κ3) is 2.95. The predicted molar refractivity (Wildman–Crippen MR) is 84.7 cm³/mol. The molecule has 1 aliphatic heterocycles. The van der Waals surface area contributed by atoms with Gasteiger partial charge in [-0.2, -0.15) is 0 Å². The third-order valence-electron chi connectivity index (χ3n) is 3.60. The summed E-state index contributed by atoms with van der Waals surface area (Å²) in [5.74, 6) is 0.226. The Hall–Kier alpha value is -1.16. The van der Waals surface area contributed by atoms with E-state index < -0.39 is 0 Å². The molecule has 0 aromatic heterocycles. The molecule has 0 spiro atoms. The molecular weight excluding hydrogens is 318 g/mol. The maximum Gasteiger partial charge on any atom is 0.229 e. The largest absolute Gasteiger partial charge is 0.312 e. The zero-order valence-electron chi connectivity index (χ0n) is 12.1. The monoisotopic (exact) mass is 337 g/mol. The first-order chi connectivity index (χ1) is 9.41. The van der Waals surface area contributed by atoms with Crippen molar-refractivity contribution < 1.29 is 9.59 Å². The van der Waals surface area contributed by atoms with Crippen molar-refractivity contribution in [2.24, 2.45) is 5.92 Å². The van der Waals surface area contributed by atoms with Crippen LogP contribution >= 0.6 is 15.9 Å². The van der Waals surface area contributed by atoms with Gasteiger partial charge in [-0.1, -0.05) is 29.8 Å². The number of carbonyl (C=O) groups excluding carboxylic acids is 2. The van der Waals surface area contributed by atoms with Crippen molar-refractivity contribution >= 4 is 33.3 Å². The molecule has 1 heterocycles. The number of alkyl halides is 1. The van der Waals surface area contributed by atoms with Crippen molar-refractivity contribution in [2.75, 3.05) is 11.4 Å². The Morgan fingerprint density at radius 2 is 1.95 bits per heavy atom. The predicted octanol–water partition coefficient (Wildman–Crippen LogP) is 3.59. The number of nitrogens with zero attached hydrogens (tertiary/aromatic N) is 1. The summed E-state index contributed by atoms with van der Waals surface area (Å²) in [7, 11) is 0. The van der Waals surface area contributed by atoms with E-state index >= 15 is 0 Å². The first kappa shape index (κ1) is 15.2. The van der Waals surface area contributed by atoms with Crippen molar-refractivity contribution in [1.82, 2.24) is 0 Å². The lowest BCUT2D eigenvalue weighted by Gasteiger charge is -2.31. The molecular formula is C16H20BrNO2. The van der Waals surface area contributed by atoms with Gasteiger partial charge < -0.3 is 4.90 Å². The van der Waals surface area contributed by atoms with Crippen molar-refractivity contribution in [3.05, 3.63) is 29.3 Å². The Bertz CT molecular complexity index is 537. The van der Waals surface area contributed by atoms with Crippen LogP contribution in [0.4, 0.5) is 5.69 Å². The average Bonchev–Trinajstić information content (AvgIpc) is 2.44. The van der Waals surface area contributed by atoms with Crippen LogP contribution in [0.15, 0.2) is 18.2 Å². The standard InChI is InChI=1S/C16H20BrNO2/c1-10(2)16(20)18-8-4-5-12-9-13(6-7-14(12)18)15(19)11(3)17/h6-7,9-11H,4-5,8H2,1-3H3. The maximum atomic E-state index is 12.2. The Labute approximate surface area is 128 Å². The maximum absolute atomic E-state index is 12.2. The summed E-state index contributed by atoms with van der Waals surface area (Å²) in [6.45, 7) is 6.44. The minimum absolute atomic E-state index is 0.00942. The van der Waals surface area contributed by atoms with E-state index in [1.165, 1.54) is 0 Å². The number of aryl methyl sites for hydroxylation is 1. The molecule has 0 radical (unpaired) electrons. The quantitative estimate of drug-likeness (QED) is 0.624. The molecule has 0 fully saturated rings. The number of anilines is 1. The van der Waals surface area contributed by atoms with Gasteiger partial charge in [-0.05, 0) is 43.5 Å². The lowest BCUT2D eigenvalue weighted by Crippen LogP contribution is -2.38. The van der Waals surface area contributed by atoms with Gasteiger partial charge in [0.2, 0.25) is 5.91 Å². The van der Waals surface area contributed by atoms with Gasteiger partial charge in [0.05, 0.1) is 4.83 Å². The minimum Gasteiger partial charge on any atom is -0.312 e. The molecule has 1 aliphatic rings. The van der Waals surface area contributed by atoms with E-state index in [1.54, 1.807) is 0 Å². The van der Waals surface area contributed by atoms with E-state index in [-0.39, 0.29) is 22.4 Å². The van der Waals surface area contributed by atoms with E-state index in [4.69, 9.17) is 0 Å². The van der Waals surface area contributed by atoms with Gasteiger partial charge >= 0.3 is 0 Å². The smallest absolute Gasteiger partial charge is 0.229 e. The van der Waals surface area contributed by atoms with Gasteiger partial charge in [0.1, 0.15) is 0 Å². The SMILES string of the molecule is CC(C)C(=O)N1CCCc2cc(C(=O)C(C)Br)ccc21. The Morgan fingerprint density at radius 3 is 2.55 bits per heavy atom. The third-order valence-corrected chi connectivity index (χ3v) is 4.02. The van der Waals surface area contributed by atoms with E-state index in [9.17, 15) is 9.59 Å². The zero-order valence-corrected chi connectivity index (χ0v) is 13.7. The Morgan fingerprint density at radius 1 is 1.25 bits per heavy atom. The van der Waals surface area contributed by atoms with Crippen LogP contribution in [0, 0.1) is 5.92 Å². The molecule has 1 amide bonds. The van der Waals surface area contributed by atoms with Crippen LogP contribution in [0.1, 0.15) is 43.1 Å². The van der Waals surface area contributed by atoms with Crippen LogP contribution < -0.4 is 4.90 Å². The Balaban J connectivity index is 2.36. The minimum atomic E-state index is -0.183. The molecule has 1 aromatic rings. The second kappa shape index (κ2) is 6.08. The molecule has 1 atom stereocenters. The van der Waals surface area contributed by atoms with Crippen LogP contribution in [0.3, 0.4) is 0 Å². The second-order valence-corrected chi connectivity index (χ2v) is 6.95. The lowest BCUT2D eigenvalue weighted by molar-refractivity contribution is -0.121. The summed E-state index contributed by atoms with van der Waals surface area (Å²) in [5.41, 5.74) is 2.78. The van der Waals surface area contributed by atoms with Crippen molar-refractivity contribution in [3.63, 3.8) is 0 Å². The zero-order chi connectivity index (χ0) is 14.9. The highest BCUT2D eigenvalue weighted by atomic mass is 79.9. The first-order valence-electron chi connectivity index (χ1n) is 7.04. The van der Waals surface area contributed by atoms with Crippen LogP contribution in [-0.4, -0.2) is 23.1 Å². The molecule has 3 nitrogen and oxygen atoms in total. The number of amides is 1. The van der Waals surface area contributed by atoms with Crippen molar-refractivity contribution in [3.8, 4) is 0 Å². The summed E-state index contributed by atoms with van der Waals surface area (Å²) in [4.78, 5) is 25.9. The van der Waals surface area contributed by atoms with Gasteiger partial charge in [-0.15, -0.1) is 0 Å². The highest BCUT2D eigenvalue weighted by molar-refractivity contribution is 9.10. The van der Waals surface area contributed by atoms with Gasteiger partial charge in [0.25, 0.3) is 0 Å². The summed E-state index contributed by atoms with van der Waals surface area (Å²) < 4.78 is 0.